The first kappa shape index (κ1) is 20.0. The third-order valence-corrected chi connectivity index (χ3v) is 6.97. The van der Waals surface area contributed by atoms with Crippen molar-refractivity contribution in [1.29, 1.82) is 0 Å². The molecule has 1 aliphatic heterocycles. The minimum atomic E-state index is -0.194. The molecule has 4 rings (SSSR count). The van der Waals surface area contributed by atoms with Gasteiger partial charge in [-0.2, -0.15) is 0 Å². The third-order valence-electron chi connectivity index (χ3n) is 5.89. The Hall–Kier alpha value is -2.32. The molecule has 1 unspecified atom stereocenters. The summed E-state index contributed by atoms with van der Waals surface area (Å²) >= 11 is 1.36. The van der Waals surface area contributed by atoms with Crippen LogP contribution < -0.4 is 5.56 Å². The molecule has 29 heavy (non-hydrogen) atoms. The Kier molecular flexibility index (Phi) is 5.16. The van der Waals surface area contributed by atoms with E-state index in [1.807, 2.05) is 13.8 Å². The van der Waals surface area contributed by atoms with Gasteiger partial charge in [0.05, 0.1) is 29.7 Å². The second kappa shape index (κ2) is 7.50. The summed E-state index contributed by atoms with van der Waals surface area (Å²) in [6.07, 6.45) is 3.16. The Morgan fingerprint density at radius 2 is 2.10 bits per heavy atom. The van der Waals surface area contributed by atoms with Crippen molar-refractivity contribution in [2.75, 3.05) is 13.1 Å². The molecule has 1 atom stereocenters. The number of fused-ring (bicyclic) bond motifs is 4. The molecule has 1 amide bonds. The fraction of sp³-hybridized carbons (Fsp3) is 0.524. The summed E-state index contributed by atoms with van der Waals surface area (Å²) in [5.74, 6) is -0.0797. The lowest BCUT2D eigenvalue weighted by atomic mass is 9.91. The van der Waals surface area contributed by atoms with Gasteiger partial charge in [-0.3, -0.25) is 14.2 Å². The van der Waals surface area contributed by atoms with Crippen molar-refractivity contribution >= 4 is 37.7 Å². The van der Waals surface area contributed by atoms with Crippen LogP contribution in [-0.2, 0) is 29.1 Å². The number of aromatic nitrogens is 3. The van der Waals surface area contributed by atoms with Crippen LogP contribution in [0.3, 0.4) is 0 Å². The van der Waals surface area contributed by atoms with E-state index in [2.05, 4.69) is 24.9 Å². The van der Waals surface area contributed by atoms with Crippen molar-refractivity contribution < 1.29 is 9.53 Å². The number of ether oxygens (including phenoxy) is 1. The van der Waals surface area contributed by atoms with E-state index in [1.54, 1.807) is 4.90 Å². The van der Waals surface area contributed by atoms with E-state index in [9.17, 15) is 9.59 Å². The molecule has 0 saturated heterocycles. The number of hydrogen-bond donors (Lipinski definition) is 0. The quantitative estimate of drug-likeness (QED) is 0.641. The van der Waals surface area contributed by atoms with Crippen molar-refractivity contribution in [2.45, 2.75) is 59.3 Å². The molecule has 1 aliphatic rings. The second-order valence-corrected chi connectivity index (χ2v) is 8.74. The van der Waals surface area contributed by atoms with Crippen LogP contribution in [0.2, 0.25) is 0 Å². The molecule has 0 spiro atoms. The van der Waals surface area contributed by atoms with Gasteiger partial charge in [0.2, 0.25) is 5.91 Å². The Morgan fingerprint density at radius 1 is 1.34 bits per heavy atom. The molecule has 154 valence electrons. The SMILES string of the molecule is CCN(CC)C(=O)Cn1cnc2c(sc3nc4c(cc32)COC(C)(CC)C4)c1=O. The van der Waals surface area contributed by atoms with Gasteiger partial charge < -0.3 is 9.64 Å². The number of carbonyl (C=O) groups is 1. The van der Waals surface area contributed by atoms with E-state index in [0.717, 1.165) is 34.3 Å². The molecule has 0 saturated carbocycles. The minimum absolute atomic E-state index is 0.00429. The van der Waals surface area contributed by atoms with Gasteiger partial charge in [-0.05, 0) is 33.3 Å². The molecule has 0 fully saturated rings. The number of thiophene rings is 1. The summed E-state index contributed by atoms with van der Waals surface area (Å²) in [5.41, 5.74) is 2.37. The molecule has 7 nitrogen and oxygen atoms in total. The maximum atomic E-state index is 13.0. The van der Waals surface area contributed by atoms with E-state index in [0.29, 0.717) is 29.9 Å². The first-order valence-electron chi connectivity index (χ1n) is 10.1. The molecule has 0 N–H and O–H groups in total. The predicted octanol–water partition coefficient (Wildman–Crippen LogP) is 3.12. The molecule has 3 aromatic rings. The lowest BCUT2D eigenvalue weighted by Crippen LogP contribution is -2.36. The number of nitrogens with zero attached hydrogens (tertiary/aromatic N) is 4. The highest BCUT2D eigenvalue weighted by Gasteiger charge is 2.31. The van der Waals surface area contributed by atoms with Crippen LogP contribution in [0.15, 0.2) is 17.2 Å². The lowest BCUT2D eigenvalue weighted by Gasteiger charge is -2.33. The number of amides is 1. The summed E-state index contributed by atoms with van der Waals surface area (Å²) in [6.45, 7) is 9.86. The topological polar surface area (TPSA) is 77.3 Å². The van der Waals surface area contributed by atoms with E-state index in [4.69, 9.17) is 9.72 Å². The van der Waals surface area contributed by atoms with Gasteiger partial charge in [0.15, 0.2) is 0 Å². The standard InChI is InChI=1S/C21H26N4O3S/c1-5-21(4)9-15-13(11-28-21)8-14-17-18(29-19(14)23-15)20(27)25(12-22-17)10-16(26)24(6-2)7-3/h8,12H,5-7,9-11H2,1-4H3. The summed E-state index contributed by atoms with van der Waals surface area (Å²) in [5, 5.41) is 0.881. The van der Waals surface area contributed by atoms with Crippen molar-refractivity contribution in [1.82, 2.24) is 19.4 Å². The van der Waals surface area contributed by atoms with Crippen LogP contribution in [0.25, 0.3) is 20.4 Å². The Morgan fingerprint density at radius 3 is 2.79 bits per heavy atom. The lowest BCUT2D eigenvalue weighted by molar-refractivity contribution is -0.131. The van der Waals surface area contributed by atoms with Gasteiger partial charge in [-0.25, -0.2) is 9.97 Å². The van der Waals surface area contributed by atoms with E-state index < -0.39 is 0 Å². The van der Waals surface area contributed by atoms with Crippen molar-refractivity contribution in [3.05, 3.63) is 34.0 Å². The van der Waals surface area contributed by atoms with Crippen LogP contribution >= 0.6 is 11.3 Å². The van der Waals surface area contributed by atoms with Crippen LogP contribution in [-0.4, -0.2) is 44.0 Å². The maximum Gasteiger partial charge on any atom is 0.271 e. The number of pyridine rings is 1. The zero-order chi connectivity index (χ0) is 20.8. The number of carbonyl (C=O) groups excluding carboxylic acids is 1. The van der Waals surface area contributed by atoms with Gasteiger partial charge in [0.25, 0.3) is 5.56 Å². The highest BCUT2D eigenvalue weighted by atomic mass is 32.1. The van der Waals surface area contributed by atoms with Gasteiger partial charge in [0.1, 0.15) is 16.1 Å². The van der Waals surface area contributed by atoms with Gasteiger partial charge in [-0.1, -0.05) is 6.92 Å². The van der Waals surface area contributed by atoms with Crippen molar-refractivity contribution in [3.63, 3.8) is 0 Å². The first-order valence-corrected chi connectivity index (χ1v) is 10.9. The molecule has 0 aliphatic carbocycles. The number of rotatable bonds is 5. The Bertz CT molecular complexity index is 1150. The number of hydrogen-bond acceptors (Lipinski definition) is 6. The smallest absolute Gasteiger partial charge is 0.271 e. The molecule has 0 bridgehead atoms. The van der Waals surface area contributed by atoms with Gasteiger partial charge in [-0.15, -0.1) is 11.3 Å². The van der Waals surface area contributed by atoms with Crippen LogP contribution in [0.5, 0.6) is 0 Å². The summed E-state index contributed by atoms with van der Waals surface area (Å²) in [6, 6.07) is 2.06. The van der Waals surface area contributed by atoms with Crippen LogP contribution in [0, 0.1) is 0 Å². The van der Waals surface area contributed by atoms with Crippen molar-refractivity contribution in [2.24, 2.45) is 0 Å². The van der Waals surface area contributed by atoms with Crippen molar-refractivity contribution in [3.8, 4) is 0 Å². The maximum absolute atomic E-state index is 13.0. The average Bonchev–Trinajstić information content (AvgIpc) is 3.07. The van der Waals surface area contributed by atoms with Crippen LogP contribution in [0.1, 0.15) is 45.4 Å². The Balaban J connectivity index is 1.76. The average molecular weight is 415 g/mol. The molecular formula is C21H26N4O3S. The van der Waals surface area contributed by atoms with Gasteiger partial charge in [0, 0.05) is 30.5 Å². The zero-order valence-corrected chi connectivity index (χ0v) is 18.1. The molecule has 4 heterocycles. The van der Waals surface area contributed by atoms with E-state index in [-0.39, 0.29) is 23.6 Å². The highest BCUT2D eigenvalue weighted by Crippen LogP contribution is 2.35. The summed E-state index contributed by atoms with van der Waals surface area (Å²) < 4.78 is 7.99. The fourth-order valence-electron chi connectivity index (χ4n) is 3.77. The van der Waals surface area contributed by atoms with Gasteiger partial charge >= 0.3 is 0 Å². The van der Waals surface area contributed by atoms with E-state index in [1.165, 1.54) is 22.2 Å². The third kappa shape index (κ3) is 3.44. The summed E-state index contributed by atoms with van der Waals surface area (Å²) in [4.78, 5) is 37.3. The molecule has 0 aromatic carbocycles. The normalized spacial score (nSPS) is 18.9. The predicted molar refractivity (Wildman–Crippen MR) is 114 cm³/mol. The first-order chi connectivity index (χ1) is 13.9. The fourth-order valence-corrected chi connectivity index (χ4v) is 4.85. The molecule has 8 heteroatoms. The number of likely N-dealkylation sites (N-methyl/N-ethyl adjacent to an activating group) is 1. The minimum Gasteiger partial charge on any atom is -0.370 e. The molecule has 0 radical (unpaired) electrons. The summed E-state index contributed by atoms with van der Waals surface area (Å²) in [7, 11) is 0. The highest BCUT2D eigenvalue weighted by molar-refractivity contribution is 7.25. The Labute approximate surface area is 173 Å². The van der Waals surface area contributed by atoms with E-state index >= 15 is 0 Å². The second-order valence-electron chi connectivity index (χ2n) is 7.74. The van der Waals surface area contributed by atoms with Crippen LogP contribution in [0.4, 0.5) is 0 Å². The molecular weight excluding hydrogens is 388 g/mol. The zero-order valence-electron chi connectivity index (χ0n) is 17.3. The largest absolute Gasteiger partial charge is 0.370 e. The molecule has 3 aromatic heterocycles. The monoisotopic (exact) mass is 414 g/mol.